The Balaban J connectivity index is 2.20. The standard InChI is InChI=1S/C21H35N3O2/c1-4-21(5-2,16-22)20(25)23-15-18(24-13-9-6-10-14-24)17-11-7-8-12-19(17)26-3/h7-8,11-12,18H,4-6,9-10,13-16,22H2,1-3H3,(H,23,25). The summed E-state index contributed by atoms with van der Waals surface area (Å²) in [5, 5.41) is 3.21. The summed E-state index contributed by atoms with van der Waals surface area (Å²) in [6.07, 6.45) is 5.21. The van der Waals surface area contributed by atoms with Gasteiger partial charge in [-0.05, 0) is 44.8 Å². The summed E-state index contributed by atoms with van der Waals surface area (Å²) in [5.41, 5.74) is 6.62. The molecule has 1 unspecified atom stereocenters. The van der Waals surface area contributed by atoms with Crippen LogP contribution in [0.1, 0.15) is 57.6 Å². The summed E-state index contributed by atoms with van der Waals surface area (Å²) in [7, 11) is 1.71. The zero-order valence-corrected chi connectivity index (χ0v) is 16.6. The van der Waals surface area contributed by atoms with Crippen molar-refractivity contribution in [3.63, 3.8) is 0 Å². The van der Waals surface area contributed by atoms with Crippen LogP contribution in [0.15, 0.2) is 24.3 Å². The van der Waals surface area contributed by atoms with Crippen molar-refractivity contribution in [3.05, 3.63) is 29.8 Å². The molecule has 5 nitrogen and oxygen atoms in total. The molecule has 5 heteroatoms. The van der Waals surface area contributed by atoms with Crippen LogP contribution in [0.4, 0.5) is 0 Å². The van der Waals surface area contributed by atoms with Gasteiger partial charge in [-0.1, -0.05) is 38.5 Å². The molecule has 0 radical (unpaired) electrons. The lowest BCUT2D eigenvalue weighted by molar-refractivity contribution is -0.131. The molecule has 0 aliphatic carbocycles. The number of piperidine rings is 1. The molecule has 1 aliphatic rings. The van der Waals surface area contributed by atoms with Crippen molar-refractivity contribution in [2.24, 2.45) is 11.1 Å². The van der Waals surface area contributed by atoms with Gasteiger partial charge in [0, 0.05) is 18.7 Å². The smallest absolute Gasteiger partial charge is 0.227 e. The van der Waals surface area contributed by atoms with Gasteiger partial charge in [0.1, 0.15) is 5.75 Å². The first-order chi connectivity index (χ1) is 12.6. The van der Waals surface area contributed by atoms with Crippen molar-refractivity contribution in [3.8, 4) is 5.75 Å². The van der Waals surface area contributed by atoms with Crippen LogP contribution in [0.25, 0.3) is 0 Å². The summed E-state index contributed by atoms with van der Waals surface area (Å²) >= 11 is 0. The molecule has 1 atom stereocenters. The van der Waals surface area contributed by atoms with Gasteiger partial charge in [-0.15, -0.1) is 0 Å². The summed E-state index contributed by atoms with van der Waals surface area (Å²) in [6.45, 7) is 7.16. The quantitative estimate of drug-likeness (QED) is 0.709. The number of amides is 1. The molecular formula is C21H35N3O2. The van der Waals surface area contributed by atoms with Crippen LogP contribution in [0.5, 0.6) is 5.75 Å². The van der Waals surface area contributed by atoms with Crippen molar-refractivity contribution in [2.45, 2.75) is 52.0 Å². The maximum Gasteiger partial charge on any atom is 0.227 e. The molecule has 3 N–H and O–H groups in total. The van der Waals surface area contributed by atoms with Gasteiger partial charge in [0.25, 0.3) is 0 Å². The maximum atomic E-state index is 12.9. The first kappa shape index (κ1) is 20.7. The second-order valence-corrected chi connectivity index (χ2v) is 7.26. The number of nitrogens with one attached hydrogen (secondary N) is 1. The molecule has 1 aromatic carbocycles. The minimum atomic E-state index is -0.465. The van der Waals surface area contributed by atoms with Crippen molar-refractivity contribution in [2.75, 3.05) is 33.3 Å². The number of hydrogen-bond donors (Lipinski definition) is 2. The van der Waals surface area contributed by atoms with Gasteiger partial charge in [-0.3, -0.25) is 9.69 Å². The maximum absolute atomic E-state index is 12.9. The number of methoxy groups -OCH3 is 1. The largest absolute Gasteiger partial charge is 0.496 e. The molecule has 0 bridgehead atoms. The van der Waals surface area contributed by atoms with E-state index < -0.39 is 5.41 Å². The molecular weight excluding hydrogens is 326 g/mol. The molecule has 2 rings (SSSR count). The fraction of sp³-hybridized carbons (Fsp3) is 0.667. The van der Waals surface area contributed by atoms with E-state index in [0.717, 1.165) is 37.2 Å². The molecule has 0 saturated carbocycles. The van der Waals surface area contributed by atoms with Crippen LogP contribution >= 0.6 is 0 Å². The highest BCUT2D eigenvalue weighted by atomic mass is 16.5. The van der Waals surface area contributed by atoms with Crippen molar-refractivity contribution in [1.29, 1.82) is 0 Å². The zero-order valence-electron chi connectivity index (χ0n) is 16.6. The van der Waals surface area contributed by atoms with E-state index >= 15 is 0 Å². The van der Waals surface area contributed by atoms with Crippen LogP contribution in [0.2, 0.25) is 0 Å². The van der Waals surface area contributed by atoms with E-state index in [0.29, 0.717) is 13.1 Å². The first-order valence-corrected chi connectivity index (χ1v) is 9.97. The van der Waals surface area contributed by atoms with Gasteiger partial charge in [0.05, 0.1) is 18.6 Å². The van der Waals surface area contributed by atoms with Crippen LogP contribution in [0, 0.1) is 5.41 Å². The van der Waals surface area contributed by atoms with Crippen molar-refractivity contribution in [1.82, 2.24) is 10.2 Å². The Kier molecular flexibility index (Phi) is 7.91. The highest BCUT2D eigenvalue weighted by Crippen LogP contribution is 2.31. The number of nitrogens with zero attached hydrogens (tertiary/aromatic N) is 1. The minimum absolute atomic E-state index is 0.0712. The SMILES string of the molecule is CCC(CC)(CN)C(=O)NCC(c1ccccc1OC)N1CCCCC1. The molecule has 1 aliphatic heterocycles. The highest BCUT2D eigenvalue weighted by molar-refractivity contribution is 5.82. The Morgan fingerprint density at radius 2 is 1.88 bits per heavy atom. The Morgan fingerprint density at radius 1 is 1.23 bits per heavy atom. The van der Waals surface area contributed by atoms with Gasteiger partial charge in [-0.2, -0.15) is 0 Å². The lowest BCUT2D eigenvalue weighted by Crippen LogP contribution is -2.48. The monoisotopic (exact) mass is 361 g/mol. The molecule has 1 fully saturated rings. The molecule has 1 saturated heterocycles. The third-order valence-corrected chi connectivity index (χ3v) is 6.01. The van der Waals surface area contributed by atoms with E-state index in [1.807, 2.05) is 32.0 Å². The molecule has 0 spiro atoms. The van der Waals surface area contributed by atoms with Gasteiger partial charge >= 0.3 is 0 Å². The van der Waals surface area contributed by atoms with Crippen LogP contribution in [-0.2, 0) is 4.79 Å². The summed E-state index contributed by atoms with van der Waals surface area (Å²) in [4.78, 5) is 15.4. The third kappa shape index (κ3) is 4.57. The average molecular weight is 362 g/mol. The number of likely N-dealkylation sites (tertiary alicyclic amines) is 1. The van der Waals surface area contributed by atoms with Gasteiger partial charge in [0.15, 0.2) is 0 Å². The lowest BCUT2D eigenvalue weighted by Gasteiger charge is -2.37. The van der Waals surface area contributed by atoms with Crippen molar-refractivity contribution >= 4 is 5.91 Å². The Hall–Kier alpha value is -1.59. The summed E-state index contributed by atoms with van der Waals surface area (Å²) in [6, 6.07) is 8.26. The van der Waals surface area contributed by atoms with E-state index in [-0.39, 0.29) is 11.9 Å². The Labute approximate surface area is 158 Å². The topological polar surface area (TPSA) is 67.6 Å². The van der Waals surface area contributed by atoms with E-state index in [1.165, 1.54) is 19.3 Å². The predicted octanol–water partition coefficient (Wildman–Crippen LogP) is 3.10. The third-order valence-electron chi connectivity index (χ3n) is 6.01. The molecule has 26 heavy (non-hydrogen) atoms. The van der Waals surface area contributed by atoms with Crippen LogP contribution < -0.4 is 15.8 Å². The van der Waals surface area contributed by atoms with Crippen LogP contribution in [0.3, 0.4) is 0 Å². The average Bonchev–Trinajstić information content (AvgIpc) is 2.71. The fourth-order valence-corrected chi connectivity index (χ4v) is 3.94. The van der Waals surface area contributed by atoms with E-state index in [9.17, 15) is 4.79 Å². The van der Waals surface area contributed by atoms with Crippen LogP contribution in [-0.4, -0.2) is 44.1 Å². The lowest BCUT2D eigenvalue weighted by atomic mass is 9.81. The normalized spacial score (nSPS) is 16.9. The number of para-hydroxylation sites is 1. The first-order valence-electron chi connectivity index (χ1n) is 9.97. The zero-order chi connectivity index (χ0) is 19.0. The number of nitrogens with two attached hydrogens (primary N) is 1. The van der Waals surface area contributed by atoms with Crippen molar-refractivity contribution < 1.29 is 9.53 Å². The number of carbonyl (C=O) groups is 1. The minimum Gasteiger partial charge on any atom is -0.496 e. The summed E-state index contributed by atoms with van der Waals surface area (Å²) in [5.74, 6) is 0.954. The molecule has 146 valence electrons. The highest BCUT2D eigenvalue weighted by Gasteiger charge is 2.34. The number of hydrogen-bond acceptors (Lipinski definition) is 4. The number of ether oxygens (including phenoxy) is 1. The Bertz CT molecular complexity index is 558. The molecule has 1 heterocycles. The Morgan fingerprint density at radius 3 is 2.46 bits per heavy atom. The molecule has 1 amide bonds. The number of benzene rings is 1. The second kappa shape index (κ2) is 9.93. The number of rotatable bonds is 9. The van der Waals surface area contributed by atoms with E-state index in [4.69, 9.17) is 10.5 Å². The van der Waals surface area contributed by atoms with E-state index in [2.05, 4.69) is 16.3 Å². The molecule has 1 aromatic rings. The predicted molar refractivity (Wildman–Crippen MR) is 106 cm³/mol. The second-order valence-electron chi connectivity index (χ2n) is 7.26. The van der Waals surface area contributed by atoms with Gasteiger partial charge in [0.2, 0.25) is 5.91 Å². The van der Waals surface area contributed by atoms with E-state index in [1.54, 1.807) is 7.11 Å². The summed E-state index contributed by atoms with van der Waals surface area (Å²) < 4.78 is 5.60. The molecule has 0 aromatic heterocycles. The number of carbonyl (C=O) groups excluding carboxylic acids is 1. The fourth-order valence-electron chi connectivity index (χ4n) is 3.94. The van der Waals surface area contributed by atoms with Gasteiger partial charge in [-0.25, -0.2) is 0 Å². The van der Waals surface area contributed by atoms with Gasteiger partial charge < -0.3 is 15.8 Å².